The van der Waals surface area contributed by atoms with Crippen molar-refractivity contribution in [1.29, 1.82) is 0 Å². The number of nitrogens with zero attached hydrogens (tertiary/aromatic N) is 5. The molecule has 1 aromatic carbocycles. The van der Waals surface area contributed by atoms with Gasteiger partial charge in [-0.3, -0.25) is 0 Å². The molecule has 0 radical (unpaired) electrons. The van der Waals surface area contributed by atoms with E-state index < -0.39 is 0 Å². The van der Waals surface area contributed by atoms with Crippen molar-refractivity contribution in [1.82, 2.24) is 24.5 Å². The lowest BCUT2D eigenvalue weighted by Gasteiger charge is -2.10. The molecule has 138 valence electrons. The smallest absolute Gasteiger partial charge is 0.183 e. The zero-order chi connectivity index (χ0) is 18.8. The van der Waals surface area contributed by atoms with E-state index in [1.54, 1.807) is 24.0 Å². The van der Waals surface area contributed by atoms with E-state index in [1.165, 1.54) is 11.3 Å². The highest BCUT2D eigenvalue weighted by Crippen LogP contribution is 2.25. The van der Waals surface area contributed by atoms with E-state index >= 15 is 0 Å². The second kappa shape index (κ2) is 7.32. The summed E-state index contributed by atoms with van der Waals surface area (Å²) in [6, 6.07) is 7.48. The van der Waals surface area contributed by atoms with Crippen LogP contribution in [0.4, 0.5) is 5.82 Å². The Morgan fingerprint density at radius 3 is 2.67 bits per heavy atom. The van der Waals surface area contributed by atoms with Crippen molar-refractivity contribution in [3.8, 4) is 17.3 Å². The van der Waals surface area contributed by atoms with Crippen molar-refractivity contribution in [3.63, 3.8) is 0 Å². The molecule has 4 aromatic rings. The number of fused-ring (bicyclic) bond motifs is 1. The van der Waals surface area contributed by atoms with Crippen molar-refractivity contribution >= 4 is 28.3 Å². The lowest BCUT2D eigenvalue weighted by molar-refractivity contribution is 0.475. The Bertz CT molecular complexity index is 1040. The van der Waals surface area contributed by atoms with Gasteiger partial charge >= 0.3 is 0 Å². The summed E-state index contributed by atoms with van der Waals surface area (Å²) in [5.74, 6) is 1.58. The van der Waals surface area contributed by atoms with Gasteiger partial charge in [0, 0.05) is 18.0 Å². The van der Waals surface area contributed by atoms with Gasteiger partial charge in [0.05, 0.1) is 11.8 Å². The molecule has 3 heterocycles. The first-order valence-corrected chi connectivity index (χ1v) is 9.71. The van der Waals surface area contributed by atoms with Gasteiger partial charge in [-0.15, -0.1) is 11.3 Å². The van der Waals surface area contributed by atoms with Crippen LogP contribution in [0, 0.1) is 0 Å². The summed E-state index contributed by atoms with van der Waals surface area (Å²) in [6.07, 6.45) is 2.61. The zero-order valence-corrected chi connectivity index (χ0v) is 15.9. The molecule has 2 N–H and O–H groups in total. The maximum absolute atomic E-state index is 9.40. The van der Waals surface area contributed by atoms with E-state index in [4.69, 9.17) is 4.98 Å². The monoisotopic (exact) mass is 380 g/mol. The summed E-state index contributed by atoms with van der Waals surface area (Å²) >= 11 is 1.52. The molecule has 0 spiro atoms. The van der Waals surface area contributed by atoms with Crippen molar-refractivity contribution in [2.24, 2.45) is 0 Å². The van der Waals surface area contributed by atoms with Crippen molar-refractivity contribution in [2.45, 2.75) is 26.3 Å². The van der Waals surface area contributed by atoms with Crippen LogP contribution in [0.5, 0.6) is 5.75 Å². The first-order valence-electron chi connectivity index (χ1n) is 8.76. The van der Waals surface area contributed by atoms with Crippen LogP contribution < -0.4 is 5.32 Å². The van der Waals surface area contributed by atoms with Gasteiger partial charge in [-0.2, -0.15) is 0 Å². The molecule has 0 atom stereocenters. The van der Waals surface area contributed by atoms with E-state index in [0.29, 0.717) is 18.2 Å². The van der Waals surface area contributed by atoms with Gasteiger partial charge in [-0.1, -0.05) is 12.1 Å². The number of benzene rings is 1. The Morgan fingerprint density at radius 2 is 1.96 bits per heavy atom. The van der Waals surface area contributed by atoms with Crippen LogP contribution in [0.25, 0.3) is 22.7 Å². The molecule has 0 amide bonds. The van der Waals surface area contributed by atoms with Gasteiger partial charge in [0.15, 0.2) is 17.3 Å². The minimum Gasteiger partial charge on any atom is -0.508 e. The summed E-state index contributed by atoms with van der Waals surface area (Å²) in [7, 11) is 0. The maximum atomic E-state index is 9.40. The Kier molecular flexibility index (Phi) is 4.72. The molecular formula is C19H20N6OS. The van der Waals surface area contributed by atoms with Gasteiger partial charge in [0.25, 0.3) is 0 Å². The minimum absolute atomic E-state index is 0.248. The number of hydrogen-bond acceptors (Lipinski definition) is 7. The number of aromatic hydroxyl groups is 1. The SMILES string of the molecule is CC(C)n1cnc2c(NCCc3ccc(O)cc3)nc(-c3cscn3)nc21. The molecule has 3 aromatic heterocycles. The maximum Gasteiger partial charge on any atom is 0.183 e. The van der Waals surface area contributed by atoms with Gasteiger partial charge in [0.1, 0.15) is 17.0 Å². The summed E-state index contributed by atoms with van der Waals surface area (Å²) in [5.41, 5.74) is 5.24. The highest BCUT2D eigenvalue weighted by molar-refractivity contribution is 7.07. The highest BCUT2D eigenvalue weighted by atomic mass is 32.1. The third-order valence-electron chi connectivity index (χ3n) is 4.28. The van der Waals surface area contributed by atoms with Gasteiger partial charge < -0.3 is 15.0 Å². The molecule has 0 fully saturated rings. The van der Waals surface area contributed by atoms with Crippen LogP contribution >= 0.6 is 11.3 Å². The normalized spacial score (nSPS) is 11.4. The Balaban J connectivity index is 1.65. The topological polar surface area (TPSA) is 88.8 Å². The number of imidazole rings is 1. The molecule has 0 saturated heterocycles. The van der Waals surface area contributed by atoms with Crippen LogP contribution in [-0.2, 0) is 6.42 Å². The predicted octanol–water partition coefficient (Wildman–Crippen LogP) is 3.89. The van der Waals surface area contributed by atoms with E-state index in [-0.39, 0.29) is 11.8 Å². The van der Waals surface area contributed by atoms with Gasteiger partial charge in [-0.25, -0.2) is 19.9 Å². The second-order valence-electron chi connectivity index (χ2n) is 6.53. The van der Waals surface area contributed by atoms with Crippen LogP contribution in [-0.4, -0.2) is 36.2 Å². The third-order valence-corrected chi connectivity index (χ3v) is 4.87. The number of thiazole rings is 1. The number of nitrogens with one attached hydrogen (secondary N) is 1. The number of aromatic nitrogens is 5. The van der Waals surface area contributed by atoms with Crippen LogP contribution in [0.3, 0.4) is 0 Å². The molecule has 0 unspecified atom stereocenters. The first kappa shape index (κ1) is 17.4. The van der Waals surface area contributed by atoms with Crippen molar-refractivity contribution in [3.05, 3.63) is 47.0 Å². The number of rotatable bonds is 6. The Morgan fingerprint density at radius 1 is 1.15 bits per heavy atom. The highest BCUT2D eigenvalue weighted by Gasteiger charge is 2.16. The summed E-state index contributed by atoms with van der Waals surface area (Å²) in [6.45, 7) is 4.90. The molecule has 0 aliphatic rings. The first-order chi connectivity index (χ1) is 13.1. The zero-order valence-electron chi connectivity index (χ0n) is 15.1. The molecule has 0 bridgehead atoms. The number of hydrogen-bond donors (Lipinski definition) is 2. The molecule has 7 nitrogen and oxygen atoms in total. The largest absolute Gasteiger partial charge is 0.508 e. The molecular weight excluding hydrogens is 360 g/mol. The fraction of sp³-hybridized carbons (Fsp3) is 0.263. The minimum atomic E-state index is 0.248. The summed E-state index contributed by atoms with van der Waals surface area (Å²) in [4.78, 5) is 18.2. The average Bonchev–Trinajstić information content (AvgIpc) is 3.33. The molecule has 4 rings (SSSR count). The molecule has 8 heteroatoms. The molecule has 0 aliphatic heterocycles. The molecule has 0 saturated carbocycles. The Labute approximate surface area is 160 Å². The second-order valence-corrected chi connectivity index (χ2v) is 7.25. The lowest BCUT2D eigenvalue weighted by atomic mass is 10.1. The van der Waals surface area contributed by atoms with Crippen LogP contribution in [0.1, 0.15) is 25.5 Å². The predicted molar refractivity (Wildman–Crippen MR) is 107 cm³/mol. The van der Waals surface area contributed by atoms with Crippen molar-refractivity contribution < 1.29 is 5.11 Å². The van der Waals surface area contributed by atoms with Gasteiger partial charge in [0.2, 0.25) is 0 Å². The fourth-order valence-corrected chi connectivity index (χ4v) is 3.37. The summed E-state index contributed by atoms with van der Waals surface area (Å²) < 4.78 is 2.04. The summed E-state index contributed by atoms with van der Waals surface area (Å²) in [5, 5.41) is 14.7. The Hall–Kier alpha value is -3.00. The quantitative estimate of drug-likeness (QED) is 0.527. The van der Waals surface area contributed by atoms with E-state index in [0.717, 1.165) is 28.8 Å². The number of phenols is 1. The van der Waals surface area contributed by atoms with Crippen molar-refractivity contribution in [2.75, 3.05) is 11.9 Å². The van der Waals surface area contributed by atoms with E-state index in [1.807, 2.05) is 22.1 Å². The number of anilines is 1. The molecule has 0 aliphatic carbocycles. The van der Waals surface area contributed by atoms with Gasteiger partial charge in [-0.05, 0) is 38.0 Å². The fourth-order valence-electron chi connectivity index (χ4n) is 2.84. The lowest BCUT2D eigenvalue weighted by Crippen LogP contribution is -2.09. The van der Waals surface area contributed by atoms with E-state index in [2.05, 4.69) is 34.1 Å². The van der Waals surface area contributed by atoms with E-state index in [9.17, 15) is 5.11 Å². The standard InChI is InChI=1S/C19H20N6OS/c1-12(2)25-10-21-16-18(20-8-7-13-3-5-14(26)6-4-13)23-17(24-19(16)25)15-9-27-11-22-15/h3-6,9-12,26H,7-8H2,1-2H3,(H,20,23,24). The van der Waals surface area contributed by atoms with Crippen LogP contribution in [0.15, 0.2) is 41.5 Å². The number of phenolic OH excluding ortho intramolecular Hbond substituents is 1. The van der Waals surface area contributed by atoms with Crippen LogP contribution in [0.2, 0.25) is 0 Å². The molecule has 27 heavy (non-hydrogen) atoms. The third kappa shape index (κ3) is 3.61. The average molecular weight is 380 g/mol.